The molecule has 8 heteroatoms. The predicted octanol–water partition coefficient (Wildman–Crippen LogP) is 4.40. The van der Waals surface area contributed by atoms with Crippen molar-refractivity contribution in [1.82, 2.24) is 14.9 Å². The van der Waals surface area contributed by atoms with E-state index in [0.717, 1.165) is 16.1 Å². The van der Waals surface area contributed by atoms with Crippen LogP contribution in [0.25, 0.3) is 26.3 Å². The summed E-state index contributed by atoms with van der Waals surface area (Å²) in [6, 6.07) is 13.4. The van der Waals surface area contributed by atoms with Crippen LogP contribution < -0.4 is 10.9 Å². The van der Waals surface area contributed by atoms with Crippen LogP contribution in [0.4, 0.5) is 0 Å². The molecule has 0 aliphatic rings. The second-order valence-electron chi connectivity index (χ2n) is 5.92. The van der Waals surface area contributed by atoms with Crippen LogP contribution in [0.3, 0.4) is 0 Å². The van der Waals surface area contributed by atoms with Crippen molar-refractivity contribution in [2.45, 2.75) is 12.1 Å². The van der Waals surface area contributed by atoms with E-state index in [0.29, 0.717) is 21.9 Å². The molecule has 0 spiro atoms. The summed E-state index contributed by atoms with van der Waals surface area (Å²) >= 11 is 4.33. The van der Waals surface area contributed by atoms with Gasteiger partial charge in [0.1, 0.15) is 4.83 Å². The van der Waals surface area contributed by atoms with E-state index in [4.69, 9.17) is 4.98 Å². The van der Waals surface area contributed by atoms with E-state index >= 15 is 0 Å². The molecule has 4 aromatic rings. The predicted molar refractivity (Wildman–Crippen MR) is 118 cm³/mol. The van der Waals surface area contributed by atoms with Crippen molar-refractivity contribution >= 4 is 50.6 Å². The Morgan fingerprint density at radius 1 is 1.18 bits per heavy atom. The third kappa shape index (κ3) is 3.63. The molecule has 0 atom stereocenters. The molecule has 0 saturated heterocycles. The normalized spacial score (nSPS) is 11.0. The molecule has 1 N–H and O–H groups in total. The molecule has 142 valence electrons. The lowest BCUT2D eigenvalue weighted by Crippen LogP contribution is -2.26. The van der Waals surface area contributed by atoms with E-state index in [-0.39, 0.29) is 17.2 Å². The van der Waals surface area contributed by atoms with Crippen LogP contribution in [0.5, 0.6) is 0 Å². The molecule has 0 aliphatic heterocycles. The van der Waals surface area contributed by atoms with Crippen molar-refractivity contribution in [2.75, 3.05) is 12.3 Å². The minimum atomic E-state index is -0.112. The monoisotopic (exact) mass is 427 g/mol. The second kappa shape index (κ2) is 8.30. The van der Waals surface area contributed by atoms with Gasteiger partial charge in [0, 0.05) is 22.4 Å². The molecule has 5 nitrogen and oxygen atoms in total. The van der Waals surface area contributed by atoms with Gasteiger partial charge in [0.05, 0.1) is 16.8 Å². The zero-order valence-electron chi connectivity index (χ0n) is 15.0. The average molecular weight is 428 g/mol. The summed E-state index contributed by atoms with van der Waals surface area (Å²) in [5.74, 6) is 0.133. The van der Waals surface area contributed by atoms with Gasteiger partial charge in [-0.1, -0.05) is 36.0 Å². The SMILES string of the molecule is CCNC(=O)CSc1nc2scc(-c3cccs3)c2c(=O)n1-c1ccccc1. The Bertz CT molecular complexity index is 1160. The maximum Gasteiger partial charge on any atom is 0.268 e. The van der Waals surface area contributed by atoms with Gasteiger partial charge in [-0.15, -0.1) is 22.7 Å². The van der Waals surface area contributed by atoms with Crippen LogP contribution in [0.15, 0.2) is 63.2 Å². The van der Waals surface area contributed by atoms with Crippen LogP contribution in [-0.4, -0.2) is 27.8 Å². The molecule has 0 aliphatic carbocycles. The molecule has 1 amide bonds. The van der Waals surface area contributed by atoms with Crippen molar-refractivity contribution < 1.29 is 4.79 Å². The molecule has 0 fully saturated rings. The lowest BCUT2D eigenvalue weighted by Gasteiger charge is -2.12. The number of nitrogens with one attached hydrogen (secondary N) is 1. The van der Waals surface area contributed by atoms with Crippen molar-refractivity contribution in [2.24, 2.45) is 0 Å². The number of benzene rings is 1. The van der Waals surface area contributed by atoms with Gasteiger partial charge >= 0.3 is 0 Å². The zero-order valence-corrected chi connectivity index (χ0v) is 17.5. The number of thioether (sulfide) groups is 1. The Kier molecular flexibility index (Phi) is 5.61. The van der Waals surface area contributed by atoms with Gasteiger partial charge in [0.2, 0.25) is 5.91 Å². The van der Waals surface area contributed by atoms with Gasteiger partial charge < -0.3 is 5.32 Å². The van der Waals surface area contributed by atoms with E-state index in [9.17, 15) is 9.59 Å². The molecule has 1 aromatic carbocycles. The Hall–Kier alpha value is -2.42. The molecule has 3 aromatic heterocycles. The second-order valence-corrected chi connectivity index (χ2v) is 8.67. The Morgan fingerprint density at radius 2 is 2.00 bits per heavy atom. The topological polar surface area (TPSA) is 64.0 Å². The summed E-state index contributed by atoms with van der Waals surface area (Å²) in [5, 5.41) is 7.91. The number of fused-ring (bicyclic) bond motifs is 1. The van der Waals surface area contributed by atoms with Crippen molar-refractivity contribution in [1.29, 1.82) is 0 Å². The first-order chi connectivity index (χ1) is 13.7. The van der Waals surface area contributed by atoms with E-state index in [2.05, 4.69) is 5.32 Å². The smallest absolute Gasteiger partial charge is 0.268 e. The fourth-order valence-corrected chi connectivity index (χ4v) is 5.51. The van der Waals surface area contributed by atoms with Gasteiger partial charge in [-0.2, -0.15) is 0 Å². The molecule has 28 heavy (non-hydrogen) atoms. The molecule has 0 radical (unpaired) electrons. The highest BCUT2D eigenvalue weighted by atomic mass is 32.2. The third-order valence-electron chi connectivity index (χ3n) is 4.08. The van der Waals surface area contributed by atoms with Crippen LogP contribution in [0.1, 0.15) is 6.92 Å². The maximum atomic E-state index is 13.5. The Morgan fingerprint density at radius 3 is 2.71 bits per heavy atom. The van der Waals surface area contributed by atoms with Gasteiger partial charge in [-0.05, 0) is 30.5 Å². The van der Waals surface area contributed by atoms with Gasteiger partial charge in [0.25, 0.3) is 5.56 Å². The van der Waals surface area contributed by atoms with Crippen molar-refractivity contribution in [3.63, 3.8) is 0 Å². The summed E-state index contributed by atoms with van der Waals surface area (Å²) < 4.78 is 1.61. The molecular formula is C20H17N3O2S3. The first-order valence-corrected chi connectivity index (χ1v) is 11.5. The van der Waals surface area contributed by atoms with Gasteiger partial charge in [-0.3, -0.25) is 14.2 Å². The lowest BCUT2D eigenvalue weighted by molar-refractivity contribution is -0.118. The highest BCUT2D eigenvalue weighted by molar-refractivity contribution is 7.99. The first-order valence-electron chi connectivity index (χ1n) is 8.72. The molecular weight excluding hydrogens is 410 g/mol. The highest BCUT2D eigenvalue weighted by Crippen LogP contribution is 2.35. The molecule has 4 rings (SSSR count). The Balaban J connectivity index is 1.88. The summed E-state index contributed by atoms with van der Waals surface area (Å²) in [6.07, 6.45) is 0. The number of aromatic nitrogens is 2. The molecule has 3 heterocycles. The number of hydrogen-bond acceptors (Lipinski definition) is 6. The number of hydrogen-bond donors (Lipinski definition) is 1. The first kappa shape index (κ1) is 18.9. The molecule has 0 bridgehead atoms. The zero-order chi connectivity index (χ0) is 19.5. The minimum absolute atomic E-state index is 0.0769. The van der Waals surface area contributed by atoms with E-state index in [1.54, 1.807) is 15.9 Å². The standard InChI is InChI=1S/C20H17N3O2S3/c1-2-21-16(24)12-28-20-22-18-17(14(11-27-18)15-9-6-10-26-15)19(25)23(20)13-7-4-3-5-8-13/h3-11H,2,12H2,1H3,(H,21,24). The molecule has 0 saturated carbocycles. The number of nitrogens with zero attached hydrogens (tertiary/aromatic N) is 2. The van der Waals surface area contributed by atoms with Crippen LogP contribution in [0, 0.1) is 0 Å². The summed E-state index contributed by atoms with van der Waals surface area (Å²) in [4.78, 5) is 31.9. The quantitative estimate of drug-likeness (QED) is 0.366. The number of carbonyl (C=O) groups excluding carboxylic acids is 1. The van der Waals surface area contributed by atoms with Crippen LogP contribution in [-0.2, 0) is 4.79 Å². The summed E-state index contributed by atoms with van der Waals surface area (Å²) in [7, 11) is 0. The third-order valence-corrected chi connectivity index (χ3v) is 6.80. The van der Waals surface area contributed by atoms with E-state index in [1.807, 2.05) is 60.1 Å². The number of carbonyl (C=O) groups is 1. The average Bonchev–Trinajstić information content (AvgIpc) is 3.37. The summed E-state index contributed by atoms with van der Waals surface area (Å²) in [5.41, 5.74) is 1.54. The van der Waals surface area contributed by atoms with Crippen molar-refractivity contribution in [3.8, 4) is 16.1 Å². The number of amides is 1. The van der Waals surface area contributed by atoms with Crippen LogP contribution >= 0.6 is 34.4 Å². The Labute approximate surface area is 174 Å². The number of rotatable bonds is 6. The van der Waals surface area contributed by atoms with Gasteiger partial charge in [0.15, 0.2) is 5.16 Å². The van der Waals surface area contributed by atoms with Crippen molar-refractivity contribution in [3.05, 3.63) is 63.6 Å². The largest absolute Gasteiger partial charge is 0.356 e. The fourth-order valence-electron chi connectivity index (χ4n) is 2.87. The lowest BCUT2D eigenvalue weighted by atomic mass is 10.2. The van der Waals surface area contributed by atoms with E-state index in [1.165, 1.54) is 23.1 Å². The highest BCUT2D eigenvalue weighted by Gasteiger charge is 2.19. The maximum absolute atomic E-state index is 13.5. The summed E-state index contributed by atoms with van der Waals surface area (Å²) in [6.45, 7) is 2.46. The minimum Gasteiger partial charge on any atom is -0.356 e. The van der Waals surface area contributed by atoms with E-state index < -0.39 is 0 Å². The number of thiophene rings is 2. The fraction of sp³-hybridized carbons (Fsp3) is 0.150. The molecule has 0 unspecified atom stereocenters. The number of para-hydroxylation sites is 1. The van der Waals surface area contributed by atoms with Gasteiger partial charge in [-0.25, -0.2) is 4.98 Å². The van der Waals surface area contributed by atoms with Crippen LogP contribution in [0.2, 0.25) is 0 Å².